The molecule has 7 atom stereocenters. The molecule has 3 unspecified atom stereocenters. The molecular formula is C28H35BrN2O6. The summed E-state index contributed by atoms with van der Waals surface area (Å²) in [6.07, 6.45) is 3.33. The third-order valence-corrected chi connectivity index (χ3v) is 8.78. The number of carbonyl (C=O) groups is 3. The van der Waals surface area contributed by atoms with Crippen molar-refractivity contribution in [2.24, 2.45) is 11.8 Å². The van der Waals surface area contributed by atoms with Gasteiger partial charge in [-0.3, -0.25) is 14.4 Å². The van der Waals surface area contributed by atoms with Gasteiger partial charge in [-0.15, -0.1) is 6.58 Å². The maximum atomic E-state index is 14.6. The summed E-state index contributed by atoms with van der Waals surface area (Å²) in [5.74, 6) is -2.98. The van der Waals surface area contributed by atoms with Crippen LogP contribution < -0.4 is 4.90 Å². The molecule has 3 fully saturated rings. The predicted molar refractivity (Wildman–Crippen MR) is 143 cm³/mol. The van der Waals surface area contributed by atoms with Crippen molar-refractivity contribution in [3.05, 3.63) is 54.6 Å². The van der Waals surface area contributed by atoms with E-state index < -0.39 is 41.6 Å². The highest BCUT2D eigenvalue weighted by Gasteiger charge is 2.77. The van der Waals surface area contributed by atoms with E-state index >= 15 is 0 Å². The molecule has 1 spiro atoms. The van der Waals surface area contributed by atoms with Crippen molar-refractivity contribution in [2.45, 2.75) is 62.2 Å². The number of hydrogen-bond donors (Lipinski definition) is 1. The fourth-order valence-corrected chi connectivity index (χ4v) is 7.40. The number of aliphatic hydroxyl groups is 1. The zero-order valence-corrected chi connectivity index (χ0v) is 23.1. The molecule has 37 heavy (non-hydrogen) atoms. The first-order valence-corrected chi connectivity index (χ1v) is 13.6. The maximum absolute atomic E-state index is 14.6. The maximum Gasteiger partial charge on any atom is 0.312 e. The van der Waals surface area contributed by atoms with Gasteiger partial charge in [0.05, 0.1) is 30.6 Å². The second-order valence-corrected chi connectivity index (χ2v) is 11.2. The van der Waals surface area contributed by atoms with Gasteiger partial charge in [-0.05, 0) is 37.8 Å². The largest absolute Gasteiger partial charge is 0.461 e. The SMILES string of the molecule is C=CCOC(=O)[C@H]1[C@H]2C(=O)N([C@@H](CC)CO)C(C(=O)N(CC=C)c3c(C)cccc3C)C23CC(Br)[C@@H]1O3. The first kappa shape index (κ1) is 27.5. The molecule has 3 heterocycles. The number of para-hydroxylation sites is 1. The molecule has 9 heteroatoms. The van der Waals surface area contributed by atoms with Crippen LogP contribution in [0, 0.1) is 25.7 Å². The number of esters is 1. The van der Waals surface area contributed by atoms with Crippen LogP contribution in [0.4, 0.5) is 5.69 Å². The van der Waals surface area contributed by atoms with Gasteiger partial charge in [0.25, 0.3) is 5.91 Å². The first-order chi connectivity index (χ1) is 17.7. The average Bonchev–Trinajstić information content (AvgIpc) is 3.46. The van der Waals surface area contributed by atoms with Crippen molar-refractivity contribution in [2.75, 3.05) is 24.7 Å². The Bertz CT molecular complexity index is 1080. The van der Waals surface area contributed by atoms with Gasteiger partial charge in [-0.1, -0.05) is 59.8 Å². The average molecular weight is 576 g/mol. The van der Waals surface area contributed by atoms with Gasteiger partial charge in [0.1, 0.15) is 18.2 Å². The number of carbonyl (C=O) groups excluding carboxylic acids is 3. The third kappa shape index (κ3) is 4.25. The summed E-state index contributed by atoms with van der Waals surface area (Å²) in [5.41, 5.74) is 1.34. The van der Waals surface area contributed by atoms with E-state index in [-0.39, 0.29) is 36.4 Å². The highest BCUT2D eigenvalue weighted by atomic mass is 79.9. The Hall–Kier alpha value is -2.49. The Kier molecular flexibility index (Phi) is 7.97. The third-order valence-electron chi connectivity index (χ3n) is 7.94. The number of anilines is 1. The second kappa shape index (κ2) is 10.7. The molecule has 8 nitrogen and oxygen atoms in total. The van der Waals surface area contributed by atoms with Gasteiger partial charge in [0, 0.05) is 17.1 Å². The minimum Gasteiger partial charge on any atom is -0.461 e. The number of likely N-dealkylation sites (tertiary alicyclic amines) is 1. The smallest absolute Gasteiger partial charge is 0.312 e. The van der Waals surface area contributed by atoms with Crippen LogP contribution in [0.15, 0.2) is 43.5 Å². The summed E-state index contributed by atoms with van der Waals surface area (Å²) in [7, 11) is 0. The molecule has 0 saturated carbocycles. The van der Waals surface area contributed by atoms with Crippen LogP contribution in [-0.4, -0.2) is 76.2 Å². The number of nitrogens with zero attached hydrogens (tertiary/aromatic N) is 2. The molecular weight excluding hydrogens is 540 g/mol. The van der Waals surface area contributed by atoms with E-state index in [1.54, 1.807) is 11.0 Å². The van der Waals surface area contributed by atoms with Crippen LogP contribution >= 0.6 is 15.9 Å². The first-order valence-electron chi connectivity index (χ1n) is 12.7. The van der Waals surface area contributed by atoms with E-state index in [1.807, 2.05) is 39.0 Å². The van der Waals surface area contributed by atoms with Gasteiger partial charge in [0.15, 0.2) is 0 Å². The van der Waals surface area contributed by atoms with E-state index in [1.165, 1.54) is 11.0 Å². The minimum absolute atomic E-state index is 0.0168. The number of alkyl halides is 1. The molecule has 2 amide bonds. The number of amides is 2. The quantitative estimate of drug-likeness (QED) is 0.262. The summed E-state index contributed by atoms with van der Waals surface area (Å²) >= 11 is 3.65. The number of aryl methyl sites for hydroxylation is 2. The summed E-state index contributed by atoms with van der Waals surface area (Å²) in [4.78, 5) is 44.7. The Balaban J connectivity index is 1.86. The van der Waals surface area contributed by atoms with Crippen molar-refractivity contribution in [3.8, 4) is 0 Å². The predicted octanol–water partition coefficient (Wildman–Crippen LogP) is 3.07. The van der Waals surface area contributed by atoms with Crippen molar-refractivity contribution in [1.29, 1.82) is 0 Å². The number of benzene rings is 1. The van der Waals surface area contributed by atoms with Crippen LogP contribution in [0.3, 0.4) is 0 Å². The normalized spacial score (nSPS) is 30.7. The number of aliphatic hydroxyl groups excluding tert-OH is 1. The molecule has 0 radical (unpaired) electrons. The molecule has 1 N–H and O–H groups in total. The van der Waals surface area contributed by atoms with Crippen LogP contribution in [0.2, 0.25) is 0 Å². The van der Waals surface area contributed by atoms with E-state index in [9.17, 15) is 19.5 Å². The number of halogens is 1. The van der Waals surface area contributed by atoms with Crippen molar-refractivity contribution < 1.29 is 29.0 Å². The van der Waals surface area contributed by atoms with E-state index in [0.717, 1.165) is 16.8 Å². The second-order valence-electron chi connectivity index (χ2n) is 10.1. The summed E-state index contributed by atoms with van der Waals surface area (Å²) in [6.45, 7) is 13.1. The van der Waals surface area contributed by atoms with E-state index in [0.29, 0.717) is 12.8 Å². The fourth-order valence-electron chi connectivity index (χ4n) is 6.46. The van der Waals surface area contributed by atoms with E-state index in [4.69, 9.17) is 9.47 Å². The minimum atomic E-state index is -1.23. The lowest BCUT2D eigenvalue weighted by molar-refractivity contribution is -0.154. The van der Waals surface area contributed by atoms with Crippen LogP contribution in [-0.2, 0) is 23.9 Å². The molecule has 3 saturated heterocycles. The Labute approximate surface area is 226 Å². The molecule has 1 aromatic carbocycles. The van der Waals surface area contributed by atoms with Gasteiger partial charge in [0.2, 0.25) is 5.91 Å². The van der Waals surface area contributed by atoms with Gasteiger partial charge >= 0.3 is 5.97 Å². The monoisotopic (exact) mass is 574 g/mol. The summed E-state index contributed by atoms with van der Waals surface area (Å²) in [6, 6.07) is 4.17. The topological polar surface area (TPSA) is 96.4 Å². The van der Waals surface area contributed by atoms with E-state index in [2.05, 4.69) is 29.1 Å². The van der Waals surface area contributed by atoms with Crippen LogP contribution in [0.5, 0.6) is 0 Å². The molecule has 200 valence electrons. The lowest BCUT2D eigenvalue weighted by atomic mass is 9.70. The van der Waals surface area contributed by atoms with Crippen molar-refractivity contribution in [1.82, 2.24) is 4.90 Å². The highest BCUT2D eigenvalue weighted by Crippen LogP contribution is 2.61. The highest BCUT2D eigenvalue weighted by molar-refractivity contribution is 9.09. The molecule has 0 aliphatic carbocycles. The molecule has 4 rings (SSSR count). The summed E-state index contributed by atoms with van der Waals surface area (Å²) in [5, 5.41) is 10.2. The number of fused-ring (bicyclic) bond motifs is 1. The number of hydrogen-bond acceptors (Lipinski definition) is 6. The van der Waals surface area contributed by atoms with Crippen LogP contribution in [0.25, 0.3) is 0 Å². The Morgan fingerprint density at radius 1 is 1.32 bits per heavy atom. The van der Waals surface area contributed by atoms with Gasteiger partial charge in [-0.25, -0.2) is 0 Å². The Morgan fingerprint density at radius 3 is 2.57 bits per heavy atom. The van der Waals surface area contributed by atoms with Crippen LogP contribution in [0.1, 0.15) is 30.9 Å². The van der Waals surface area contributed by atoms with Crippen molar-refractivity contribution >= 4 is 39.4 Å². The standard InChI is InChI=1S/C28H35BrN2O6/c1-6-12-30(22-16(4)10-9-11-17(22)5)26(34)24-28-14-19(29)23(37-28)20(27(35)36-13-7-2)21(28)25(33)31(24)18(8-3)15-32/h6-7,9-11,18-21,23-24,32H,1-2,8,12-15H2,3-5H3/t18-,19?,20-,21-,23-,24?,28?/m0/s1. The molecule has 3 aliphatic rings. The van der Waals surface area contributed by atoms with Crippen molar-refractivity contribution in [3.63, 3.8) is 0 Å². The lowest BCUT2D eigenvalue weighted by Gasteiger charge is -2.39. The molecule has 3 aliphatic heterocycles. The number of rotatable bonds is 10. The molecule has 2 bridgehead atoms. The zero-order valence-electron chi connectivity index (χ0n) is 21.6. The molecule has 1 aromatic rings. The number of ether oxygens (including phenoxy) is 2. The zero-order chi connectivity index (χ0) is 27.1. The summed E-state index contributed by atoms with van der Waals surface area (Å²) < 4.78 is 11.9. The lowest BCUT2D eigenvalue weighted by Crippen LogP contribution is -2.59. The Morgan fingerprint density at radius 2 is 2.00 bits per heavy atom. The molecule has 0 aromatic heterocycles. The fraction of sp³-hybridized carbons (Fsp3) is 0.536. The van der Waals surface area contributed by atoms with Gasteiger partial charge < -0.3 is 24.4 Å². The van der Waals surface area contributed by atoms with Gasteiger partial charge in [-0.2, -0.15) is 0 Å².